The van der Waals surface area contributed by atoms with Gasteiger partial charge in [0.2, 0.25) is 5.91 Å². The third-order valence-corrected chi connectivity index (χ3v) is 4.62. The van der Waals surface area contributed by atoms with E-state index in [1.165, 1.54) is 17.3 Å². The summed E-state index contributed by atoms with van der Waals surface area (Å²) in [6, 6.07) is 15.7. The predicted octanol–water partition coefficient (Wildman–Crippen LogP) is 4.42. The Balaban J connectivity index is 1.79. The molecule has 0 saturated heterocycles. The van der Waals surface area contributed by atoms with Gasteiger partial charge in [-0.1, -0.05) is 59.6 Å². The number of nitrogens with one attached hydrogen (secondary N) is 1. The maximum atomic E-state index is 11.8. The minimum Gasteiger partial charge on any atom is -0.272 e. The summed E-state index contributed by atoms with van der Waals surface area (Å²) < 4.78 is 0. The number of aryl methyl sites for hydroxylation is 1. The summed E-state index contributed by atoms with van der Waals surface area (Å²) in [6.45, 7) is 3.91. The molecule has 0 aliphatic heterocycles. The molecule has 5 heteroatoms. The van der Waals surface area contributed by atoms with E-state index in [4.69, 9.17) is 11.6 Å². The fourth-order valence-electron chi connectivity index (χ4n) is 1.91. The van der Waals surface area contributed by atoms with E-state index < -0.39 is 0 Å². The first-order valence-electron chi connectivity index (χ1n) is 7.27. The number of halogens is 1. The van der Waals surface area contributed by atoms with E-state index in [1.54, 1.807) is 0 Å². The molecule has 23 heavy (non-hydrogen) atoms. The van der Waals surface area contributed by atoms with Gasteiger partial charge in [-0.05, 0) is 31.0 Å². The van der Waals surface area contributed by atoms with Crippen LogP contribution in [0.2, 0.25) is 5.02 Å². The van der Waals surface area contributed by atoms with Crippen LogP contribution < -0.4 is 5.43 Å². The molecule has 0 spiro atoms. The van der Waals surface area contributed by atoms with Crippen molar-refractivity contribution in [2.45, 2.75) is 19.6 Å². The summed E-state index contributed by atoms with van der Waals surface area (Å²) in [5.41, 5.74) is 6.61. The van der Waals surface area contributed by atoms with Crippen LogP contribution in [-0.4, -0.2) is 17.4 Å². The molecular formula is C18H19ClN2OS. The van der Waals surface area contributed by atoms with Gasteiger partial charge < -0.3 is 0 Å². The number of rotatable bonds is 6. The summed E-state index contributed by atoms with van der Waals surface area (Å²) in [5.74, 6) is 0.928. The number of carbonyl (C=O) groups excluding carboxylic acids is 1. The van der Waals surface area contributed by atoms with Crippen LogP contribution >= 0.6 is 23.4 Å². The van der Waals surface area contributed by atoms with Crippen molar-refractivity contribution in [3.05, 3.63) is 70.2 Å². The van der Waals surface area contributed by atoms with Crippen molar-refractivity contribution in [1.82, 2.24) is 5.43 Å². The fraction of sp³-hybridized carbons (Fsp3) is 0.222. The Bertz CT molecular complexity index is 698. The number of hydrogen-bond donors (Lipinski definition) is 1. The average molecular weight is 347 g/mol. The van der Waals surface area contributed by atoms with Gasteiger partial charge in [-0.3, -0.25) is 4.79 Å². The van der Waals surface area contributed by atoms with Crippen molar-refractivity contribution in [1.29, 1.82) is 0 Å². The Morgan fingerprint density at radius 3 is 2.57 bits per heavy atom. The molecule has 0 heterocycles. The molecule has 0 bridgehead atoms. The zero-order valence-electron chi connectivity index (χ0n) is 13.2. The largest absolute Gasteiger partial charge is 0.272 e. The first-order valence-corrected chi connectivity index (χ1v) is 8.81. The van der Waals surface area contributed by atoms with Crippen molar-refractivity contribution >= 4 is 35.0 Å². The molecule has 1 amide bonds. The van der Waals surface area contributed by atoms with E-state index in [-0.39, 0.29) is 5.91 Å². The second-order valence-electron chi connectivity index (χ2n) is 5.18. The summed E-state index contributed by atoms with van der Waals surface area (Å²) in [4.78, 5) is 11.8. The van der Waals surface area contributed by atoms with E-state index in [1.807, 2.05) is 62.4 Å². The average Bonchev–Trinajstić information content (AvgIpc) is 2.55. The molecule has 0 aliphatic rings. The number of thioether (sulfide) groups is 1. The molecule has 0 saturated carbocycles. The maximum Gasteiger partial charge on any atom is 0.250 e. The smallest absolute Gasteiger partial charge is 0.250 e. The fourth-order valence-corrected chi connectivity index (χ4v) is 3.01. The molecule has 1 N–H and O–H groups in total. The standard InChI is InChI=1S/C18H19ClN2OS/c1-13-7-9-15(10-8-13)14(2)20-21-18(22)12-23-11-16-5-3-4-6-17(16)19/h3-10H,11-12H2,1-2H3,(H,21,22)/b20-14-. The van der Waals surface area contributed by atoms with Crippen LogP contribution in [0.3, 0.4) is 0 Å². The Kier molecular flexibility index (Phi) is 6.68. The highest BCUT2D eigenvalue weighted by Gasteiger charge is 2.04. The van der Waals surface area contributed by atoms with Crippen LogP contribution in [0.1, 0.15) is 23.6 Å². The highest BCUT2D eigenvalue weighted by atomic mass is 35.5. The molecule has 0 unspecified atom stereocenters. The van der Waals surface area contributed by atoms with Crippen LogP contribution in [0.4, 0.5) is 0 Å². The summed E-state index contributed by atoms with van der Waals surface area (Å²) in [5, 5.41) is 4.88. The highest BCUT2D eigenvalue weighted by molar-refractivity contribution is 7.99. The van der Waals surface area contributed by atoms with Gasteiger partial charge in [0.05, 0.1) is 11.5 Å². The third kappa shape index (κ3) is 5.73. The first kappa shape index (κ1) is 17.6. The summed E-state index contributed by atoms with van der Waals surface area (Å²) in [6.07, 6.45) is 0. The van der Waals surface area contributed by atoms with E-state index in [0.717, 1.165) is 21.9 Å². The zero-order valence-corrected chi connectivity index (χ0v) is 14.7. The highest BCUT2D eigenvalue weighted by Crippen LogP contribution is 2.20. The van der Waals surface area contributed by atoms with Crippen LogP contribution in [0.25, 0.3) is 0 Å². The monoisotopic (exact) mass is 346 g/mol. The van der Waals surface area contributed by atoms with Gasteiger partial charge in [0.15, 0.2) is 0 Å². The van der Waals surface area contributed by atoms with Gasteiger partial charge in [-0.25, -0.2) is 5.43 Å². The first-order chi connectivity index (χ1) is 11.1. The normalized spacial score (nSPS) is 11.3. The quantitative estimate of drug-likeness (QED) is 0.621. The van der Waals surface area contributed by atoms with Gasteiger partial charge in [-0.2, -0.15) is 5.10 Å². The molecular weight excluding hydrogens is 328 g/mol. The van der Waals surface area contributed by atoms with Gasteiger partial charge >= 0.3 is 0 Å². The second kappa shape index (κ2) is 8.75. The predicted molar refractivity (Wildman–Crippen MR) is 99.1 cm³/mol. The summed E-state index contributed by atoms with van der Waals surface area (Å²) >= 11 is 7.60. The molecule has 2 aromatic rings. The van der Waals surface area contributed by atoms with Crippen molar-refractivity contribution in [3.63, 3.8) is 0 Å². The van der Waals surface area contributed by atoms with Gasteiger partial charge in [0.25, 0.3) is 0 Å². The second-order valence-corrected chi connectivity index (χ2v) is 6.58. The molecule has 0 aromatic heterocycles. The van der Waals surface area contributed by atoms with Crippen LogP contribution in [-0.2, 0) is 10.5 Å². The minimum absolute atomic E-state index is 0.117. The van der Waals surface area contributed by atoms with Gasteiger partial charge in [0, 0.05) is 10.8 Å². The van der Waals surface area contributed by atoms with E-state index >= 15 is 0 Å². The van der Waals surface area contributed by atoms with Crippen molar-refractivity contribution in [3.8, 4) is 0 Å². The lowest BCUT2D eigenvalue weighted by atomic mass is 10.1. The molecule has 0 radical (unpaired) electrons. The van der Waals surface area contributed by atoms with Gasteiger partial charge in [0.1, 0.15) is 0 Å². The third-order valence-electron chi connectivity index (χ3n) is 3.27. The molecule has 2 rings (SSSR count). The minimum atomic E-state index is -0.117. The number of hydrazone groups is 1. The molecule has 3 nitrogen and oxygen atoms in total. The van der Waals surface area contributed by atoms with E-state index in [2.05, 4.69) is 10.5 Å². The van der Waals surface area contributed by atoms with Crippen LogP contribution in [0, 0.1) is 6.92 Å². The number of carbonyl (C=O) groups is 1. The zero-order chi connectivity index (χ0) is 16.7. The van der Waals surface area contributed by atoms with Crippen molar-refractivity contribution < 1.29 is 4.79 Å². The van der Waals surface area contributed by atoms with Gasteiger partial charge in [-0.15, -0.1) is 11.8 Å². The number of benzene rings is 2. The maximum absolute atomic E-state index is 11.8. The molecule has 0 atom stereocenters. The Labute approximate surface area is 146 Å². The summed E-state index contributed by atoms with van der Waals surface area (Å²) in [7, 11) is 0. The SMILES string of the molecule is C/C(=N/NC(=O)CSCc1ccccc1Cl)c1ccc(C)cc1. The molecule has 0 fully saturated rings. The number of hydrogen-bond acceptors (Lipinski definition) is 3. The van der Waals surface area contributed by atoms with E-state index in [9.17, 15) is 4.79 Å². The molecule has 0 aliphatic carbocycles. The molecule has 120 valence electrons. The topological polar surface area (TPSA) is 41.5 Å². The van der Waals surface area contributed by atoms with Crippen molar-refractivity contribution in [2.24, 2.45) is 5.10 Å². The van der Waals surface area contributed by atoms with Crippen LogP contribution in [0.5, 0.6) is 0 Å². The molecule has 2 aromatic carbocycles. The number of amides is 1. The lowest BCUT2D eigenvalue weighted by Gasteiger charge is -2.05. The lowest BCUT2D eigenvalue weighted by molar-refractivity contribution is -0.118. The van der Waals surface area contributed by atoms with E-state index in [0.29, 0.717) is 11.5 Å². The Morgan fingerprint density at radius 2 is 1.87 bits per heavy atom. The lowest BCUT2D eigenvalue weighted by Crippen LogP contribution is -2.21. The Hall–Kier alpha value is -1.78. The Morgan fingerprint density at radius 1 is 1.17 bits per heavy atom. The van der Waals surface area contributed by atoms with Crippen LogP contribution in [0.15, 0.2) is 53.6 Å². The number of nitrogens with zero attached hydrogens (tertiary/aromatic N) is 1. The van der Waals surface area contributed by atoms with Crippen molar-refractivity contribution in [2.75, 3.05) is 5.75 Å².